The van der Waals surface area contributed by atoms with Gasteiger partial charge in [-0.3, -0.25) is 0 Å². The van der Waals surface area contributed by atoms with Crippen molar-refractivity contribution in [3.8, 4) is 0 Å². The predicted molar refractivity (Wildman–Crippen MR) is 194 cm³/mol. The largest absolute Gasteiger partial charge is 0.454 e. The van der Waals surface area contributed by atoms with Gasteiger partial charge in [-0.1, -0.05) is 66.7 Å². The fourth-order valence-electron chi connectivity index (χ4n) is 9.18. The molecule has 5 aliphatic heterocycles. The highest BCUT2D eigenvalue weighted by atomic mass is 16.3. The van der Waals surface area contributed by atoms with E-state index < -0.39 is 0 Å². The average molecular weight is 633 g/mol. The molecule has 4 aromatic carbocycles. The molecular formula is C41H40N6O. The van der Waals surface area contributed by atoms with E-state index in [1.165, 1.54) is 28.1 Å². The molecular weight excluding hydrogens is 592 g/mol. The molecule has 7 heteroatoms. The first-order chi connectivity index (χ1) is 23.7. The van der Waals surface area contributed by atoms with Crippen LogP contribution in [0.5, 0.6) is 0 Å². The number of para-hydroxylation sites is 3. The summed E-state index contributed by atoms with van der Waals surface area (Å²) in [7, 11) is 2.25. The van der Waals surface area contributed by atoms with E-state index in [0.29, 0.717) is 0 Å². The molecule has 240 valence electrons. The lowest BCUT2D eigenvalue weighted by molar-refractivity contribution is 0.0582. The Balaban J connectivity index is 1.22. The van der Waals surface area contributed by atoms with E-state index in [-0.39, 0.29) is 24.4 Å². The number of hydrogen-bond donors (Lipinski definition) is 0. The van der Waals surface area contributed by atoms with Gasteiger partial charge >= 0.3 is 0 Å². The number of benzene rings is 4. The lowest BCUT2D eigenvalue weighted by Crippen LogP contribution is -2.65. The van der Waals surface area contributed by atoms with Crippen LogP contribution in [-0.2, 0) is 12.8 Å². The van der Waals surface area contributed by atoms with Crippen LogP contribution >= 0.6 is 0 Å². The molecule has 2 bridgehead atoms. The molecule has 48 heavy (non-hydrogen) atoms. The van der Waals surface area contributed by atoms with Crippen molar-refractivity contribution in [1.82, 2.24) is 14.7 Å². The molecule has 3 atom stereocenters. The number of furan rings is 1. The smallest absolute Gasteiger partial charge is 0.159 e. The van der Waals surface area contributed by atoms with Gasteiger partial charge in [0.05, 0.1) is 11.6 Å². The van der Waals surface area contributed by atoms with Gasteiger partial charge < -0.3 is 33.8 Å². The minimum Gasteiger partial charge on any atom is -0.454 e. The maximum absolute atomic E-state index is 6.73. The second-order valence-electron chi connectivity index (χ2n) is 13.9. The van der Waals surface area contributed by atoms with Crippen LogP contribution in [0.3, 0.4) is 0 Å². The molecule has 1 fully saturated rings. The van der Waals surface area contributed by atoms with Crippen molar-refractivity contribution in [2.24, 2.45) is 5.92 Å². The fraction of sp³-hybridized carbons (Fsp3) is 0.268. The molecule has 10 rings (SSSR count). The summed E-state index contributed by atoms with van der Waals surface area (Å²) in [6.45, 7) is 4.24. The zero-order chi connectivity index (χ0) is 31.9. The van der Waals surface area contributed by atoms with Gasteiger partial charge in [-0.15, -0.1) is 0 Å². The summed E-state index contributed by atoms with van der Waals surface area (Å²) in [4.78, 5) is 15.4. The zero-order valence-electron chi connectivity index (χ0n) is 27.5. The average Bonchev–Trinajstić information content (AvgIpc) is 3.89. The van der Waals surface area contributed by atoms with Crippen LogP contribution in [-0.4, -0.2) is 53.3 Å². The molecule has 1 aromatic heterocycles. The van der Waals surface area contributed by atoms with Crippen molar-refractivity contribution in [3.05, 3.63) is 139 Å². The number of hydrogen-bond acceptors (Lipinski definition) is 7. The summed E-state index contributed by atoms with van der Waals surface area (Å²) in [5.41, 5.74) is 9.66. The Morgan fingerprint density at radius 2 is 1.19 bits per heavy atom. The Morgan fingerprint density at radius 3 is 1.88 bits per heavy atom. The van der Waals surface area contributed by atoms with E-state index in [0.717, 1.165) is 60.0 Å². The Hall–Kier alpha value is -5.30. The molecule has 0 aliphatic carbocycles. The van der Waals surface area contributed by atoms with Gasteiger partial charge in [0.15, 0.2) is 5.58 Å². The molecule has 0 radical (unpaired) electrons. The minimum absolute atomic E-state index is 0.00508. The van der Waals surface area contributed by atoms with Gasteiger partial charge in [-0.05, 0) is 61.1 Å². The third-order valence-electron chi connectivity index (χ3n) is 11.3. The van der Waals surface area contributed by atoms with Gasteiger partial charge in [0.2, 0.25) is 0 Å². The molecule has 6 heterocycles. The molecule has 0 amide bonds. The van der Waals surface area contributed by atoms with E-state index in [9.17, 15) is 0 Å². The molecule has 1 saturated heterocycles. The number of rotatable bonds is 2. The van der Waals surface area contributed by atoms with Gasteiger partial charge in [-0.25, -0.2) is 0 Å². The van der Waals surface area contributed by atoms with Crippen LogP contribution in [0.4, 0.5) is 17.1 Å². The Labute approximate surface area is 281 Å². The van der Waals surface area contributed by atoms with Gasteiger partial charge in [0.1, 0.15) is 24.1 Å². The third kappa shape index (κ3) is 4.00. The lowest BCUT2D eigenvalue weighted by atomic mass is 9.91. The molecule has 0 N–H and O–H groups in total. The first-order valence-electron chi connectivity index (χ1n) is 17.4. The quantitative estimate of drug-likeness (QED) is 0.196. The SMILES string of the molecule is Cc1ccc2c(oc3ccccc32)c1N1C=CN(C)C1C1C2N3C=CN2c2ccccc2CCc2ccccc2N2C=CN(CCC3)C12. The number of nitrogens with zero attached hydrogens (tertiary/aromatic N) is 6. The second kappa shape index (κ2) is 10.6. The summed E-state index contributed by atoms with van der Waals surface area (Å²) < 4.78 is 6.73. The van der Waals surface area contributed by atoms with E-state index in [4.69, 9.17) is 4.42 Å². The Bertz CT molecular complexity index is 2070. The second-order valence-corrected chi connectivity index (χ2v) is 13.9. The van der Waals surface area contributed by atoms with E-state index in [1.54, 1.807) is 0 Å². The first-order valence-corrected chi connectivity index (χ1v) is 17.4. The van der Waals surface area contributed by atoms with Crippen molar-refractivity contribution in [1.29, 1.82) is 0 Å². The maximum Gasteiger partial charge on any atom is 0.159 e. The van der Waals surface area contributed by atoms with Crippen LogP contribution in [0.1, 0.15) is 23.1 Å². The normalized spacial score (nSPS) is 24.4. The van der Waals surface area contributed by atoms with Crippen LogP contribution in [0.2, 0.25) is 0 Å². The third-order valence-corrected chi connectivity index (χ3v) is 11.3. The highest BCUT2D eigenvalue weighted by molar-refractivity contribution is 6.09. The zero-order valence-corrected chi connectivity index (χ0v) is 27.5. The topological polar surface area (TPSA) is 32.6 Å². The minimum atomic E-state index is 0.00508. The summed E-state index contributed by atoms with van der Waals surface area (Å²) in [5, 5.41) is 2.32. The van der Waals surface area contributed by atoms with Crippen molar-refractivity contribution < 1.29 is 4.42 Å². The van der Waals surface area contributed by atoms with E-state index in [2.05, 4.69) is 165 Å². The fourth-order valence-corrected chi connectivity index (χ4v) is 9.18. The summed E-state index contributed by atoms with van der Waals surface area (Å²) in [6.07, 6.45) is 17.2. The highest BCUT2D eigenvalue weighted by Crippen LogP contribution is 2.47. The molecule has 0 spiro atoms. The monoisotopic (exact) mass is 632 g/mol. The van der Waals surface area contributed by atoms with Crippen LogP contribution < -0.4 is 14.7 Å². The van der Waals surface area contributed by atoms with Crippen LogP contribution in [0.25, 0.3) is 21.9 Å². The highest BCUT2D eigenvalue weighted by Gasteiger charge is 2.53. The molecule has 5 aromatic rings. The van der Waals surface area contributed by atoms with Crippen LogP contribution in [0.15, 0.2) is 127 Å². The van der Waals surface area contributed by atoms with Crippen molar-refractivity contribution in [2.45, 2.75) is 44.7 Å². The van der Waals surface area contributed by atoms with Gasteiger partial charge in [-0.2, -0.15) is 0 Å². The molecule has 7 nitrogen and oxygen atoms in total. The lowest BCUT2D eigenvalue weighted by Gasteiger charge is -2.52. The summed E-state index contributed by atoms with van der Waals surface area (Å²) in [6, 6.07) is 31.1. The summed E-state index contributed by atoms with van der Waals surface area (Å²) in [5.74, 6) is 0.119. The van der Waals surface area contributed by atoms with Gasteiger partial charge in [0, 0.05) is 79.5 Å². The Kier molecular flexibility index (Phi) is 6.14. The van der Waals surface area contributed by atoms with Crippen molar-refractivity contribution >= 4 is 39.0 Å². The number of aryl methyl sites for hydroxylation is 3. The standard InChI is InChI=1S/C41H40N6O/c1-28-16-19-32-31-12-5-8-15-35(31)48-38(32)37(28)47-25-22-42(2)39(47)36-40-43-20-9-21-44-24-27-46(41(36)44)34-14-7-4-11-30(34)18-17-29-10-3-6-13-33(29)45(40)26-23-43/h3-8,10-16,19,22-27,36,39-41H,9,17-18,20-21H2,1-2H3. The summed E-state index contributed by atoms with van der Waals surface area (Å²) >= 11 is 0. The number of fused-ring (bicyclic) bond motifs is 7. The first kappa shape index (κ1) is 27.8. The van der Waals surface area contributed by atoms with Crippen molar-refractivity contribution in [2.75, 3.05) is 34.8 Å². The van der Waals surface area contributed by atoms with E-state index in [1.807, 2.05) is 0 Å². The maximum atomic E-state index is 6.73. The molecule has 0 saturated carbocycles. The van der Waals surface area contributed by atoms with Crippen molar-refractivity contribution in [3.63, 3.8) is 0 Å². The van der Waals surface area contributed by atoms with Gasteiger partial charge in [0.25, 0.3) is 0 Å². The Morgan fingerprint density at radius 1 is 0.583 bits per heavy atom. The van der Waals surface area contributed by atoms with Crippen LogP contribution in [0, 0.1) is 12.8 Å². The molecule has 3 unspecified atom stereocenters. The predicted octanol–water partition coefficient (Wildman–Crippen LogP) is 7.80. The number of anilines is 3. The molecule has 5 aliphatic rings. The van der Waals surface area contributed by atoms with E-state index >= 15 is 0 Å².